The molecule has 0 amide bonds. The zero-order chi connectivity index (χ0) is 15.2. The molecule has 0 saturated heterocycles. The van der Waals surface area contributed by atoms with E-state index in [1.807, 2.05) is 0 Å². The molecule has 0 aromatic heterocycles. The second-order valence-corrected chi connectivity index (χ2v) is 5.69. The van der Waals surface area contributed by atoms with Crippen LogP contribution in [0.25, 0.3) is 0 Å². The minimum atomic E-state index is -0.889. The monoisotopic (exact) mass is 291 g/mol. The number of carboxylic acid groups (broad SMARTS) is 1. The van der Waals surface area contributed by atoms with Crippen molar-refractivity contribution in [3.8, 4) is 5.75 Å². The fourth-order valence-corrected chi connectivity index (χ4v) is 3.20. The average molecular weight is 291 g/mol. The summed E-state index contributed by atoms with van der Waals surface area (Å²) in [6.45, 7) is 3.90. The van der Waals surface area contributed by atoms with Gasteiger partial charge < -0.3 is 9.84 Å². The molecule has 1 N–H and O–H groups in total. The summed E-state index contributed by atoms with van der Waals surface area (Å²) >= 11 is 0. The summed E-state index contributed by atoms with van der Waals surface area (Å²) in [4.78, 5) is 13.6. The topological polar surface area (TPSA) is 49.8 Å². The van der Waals surface area contributed by atoms with Crippen LogP contribution >= 0.6 is 0 Å². The highest BCUT2D eigenvalue weighted by Gasteiger charge is 2.21. The summed E-state index contributed by atoms with van der Waals surface area (Å²) in [5.41, 5.74) is 1.29. The largest absolute Gasteiger partial charge is 0.496 e. The Balaban J connectivity index is 2.18. The standard InChI is InChI=1S/C17H25NO3/c1-3-18(15-7-5-4-6-8-15)12-14-11-13(17(19)20)9-10-16(14)21-2/h9-11,15H,3-8,12H2,1-2H3,(H,19,20). The summed E-state index contributed by atoms with van der Waals surface area (Å²) in [6.07, 6.45) is 6.43. The van der Waals surface area contributed by atoms with Crippen LogP contribution in [0.3, 0.4) is 0 Å². The van der Waals surface area contributed by atoms with Crippen LogP contribution in [-0.4, -0.2) is 35.7 Å². The van der Waals surface area contributed by atoms with E-state index in [1.54, 1.807) is 25.3 Å². The van der Waals surface area contributed by atoms with Gasteiger partial charge in [-0.15, -0.1) is 0 Å². The molecule has 1 fully saturated rings. The molecule has 0 atom stereocenters. The summed E-state index contributed by atoms with van der Waals surface area (Å²) in [5, 5.41) is 9.16. The van der Waals surface area contributed by atoms with Crippen molar-refractivity contribution in [1.82, 2.24) is 4.90 Å². The highest BCUT2D eigenvalue weighted by Crippen LogP contribution is 2.27. The first-order valence-electron chi connectivity index (χ1n) is 7.80. The van der Waals surface area contributed by atoms with Crippen molar-refractivity contribution in [3.05, 3.63) is 29.3 Å². The van der Waals surface area contributed by atoms with Crippen molar-refractivity contribution >= 4 is 5.97 Å². The Morgan fingerprint density at radius 3 is 2.62 bits per heavy atom. The number of nitrogens with zero attached hydrogens (tertiary/aromatic N) is 1. The van der Waals surface area contributed by atoms with E-state index >= 15 is 0 Å². The first-order valence-corrected chi connectivity index (χ1v) is 7.80. The Hall–Kier alpha value is -1.55. The number of ether oxygens (including phenoxy) is 1. The molecule has 4 heteroatoms. The van der Waals surface area contributed by atoms with Crippen LogP contribution in [0.1, 0.15) is 54.9 Å². The quantitative estimate of drug-likeness (QED) is 0.871. The second-order valence-electron chi connectivity index (χ2n) is 5.69. The van der Waals surface area contributed by atoms with Gasteiger partial charge in [0.25, 0.3) is 0 Å². The first kappa shape index (κ1) is 15.8. The van der Waals surface area contributed by atoms with Gasteiger partial charge in [0.2, 0.25) is 0 Å². The summed E-state index contributed by atoms with van der Waals surface area (Å²) in [5.74, 6) is -0.117. The van der Waals surface area contributed by atoms with Crippen LogP contribution in [-0.2, 0) is 6.54 Å². The van der Waals surface area contributed by atoms with E-state index in [-0.39, 0.29) is 0 Å². The third-order valence-electron chi connectivity index (χ3n) is 4.40. The summed E-state index contributed by atoms with van der Waals surface area (Å²) in [7, 11) is 1.64. The Morgan fingerprint density at radius 1 is 1.33 bits per heavy atom. The Morgan fingerprint density at radius 2 is 2.05 bits per heavy atom. The fourth-order valence-electron chi connectivity index (χ4n) is 3.20. The number of hydrogen-bond donors (Lipinski definition) is 1. The van der Waals surface area contributed by atoms with Crippen molar-refractivity contribution in [2.45, 2.75) is 51.6 Å². The van der Waals surface area contributed by atoms with Crippen molar-refractivity contribution in [1.29, 1.82) is 0 Å². The molecule has 1 saturated carbocycles. The van der Waals surface area contributed by atoms with Gasteiger partial charge in [-0.3, -0.25) is 4.90 Å². The predicted molar refractivity (Wildman–Crippen MR) is 82.9 cm³/mol. The lowest BCUT2D eigenvalue weighted by molar-refractivity contribution is 0.0696. The van der Waals surface area contributed by atoms with Crippen molar-refractivity contribution in [2.24, 2.45) is 0 Å². The zero-order valence-corrected chi connectivity index (χ0v) is 13.0. The molecule has 1 aromatic carbocycles. The van der Waals surface area contributed by atoms with Gasteiger partial charge in [-0.1, -0.05) is 26.2 Å². The van der Waals surface area contributed by atoms with Gasteiger partial charge in [-0.25, -0.2) is 4.79 Å². The SMILES string of the molecule is CCN(Cc1cc(C(=O)O)ccc1OC)C1CCCCC1. The molecule has 116 valence electrons. The van der Waals surface area contributed by atoms with Gasteiger partial charge in [0, 0.05) is 18.2 Å². The van der Waals surface area contributed by atoms with Gasteiger partial charge in [-0.05, 0) is 37.6 Å². The third-order valence-corrected chi connectivity index (χ3v) is 4.40. The maximum atomic E-state index is 11.2. The summed E-state index contributed by atoms with van der Waals surface area (Å²) < 4.78 is 5.39. The van der Waals surface area contributed by atoms with Gasteiger partial charge >= 0.3 is 5.97 Å². The van der Waals surface area contributed by atoms with Crippen molar-refractivity contribution in [3.63, 3.8) is 0 Å². The normalized spacial score (nSPS) is 16.1. The molecular weight excluding hydrogens is 266 g/mol. The van der Waals surface area contributed by atoms with E-state index in [0.29, 0.717) is 11.6 Å². The molecule has 0 bridgehead atoms. The molecule has 1 aliphatic rings. The molecule has 21 heavy (non-hydrogen) atoms. The highest BCUT2D eigenvalue weighted by molar-refractivity contribution is 5.88. The van der Waals surface area contributed by atoms with Crippen LogP contribution in [0, 0.1) is 0 Å². The Labute approximate surface area is 126 Å². The zero-order valence-electron chi connectivity index (χ0n) is 13.0. The maximum absolute atomic E-state index is 11.2. The molecule has 0 radical (unpaired) electrons. The number of benzene rings is 1. The average Bonchev–Trinajstić information content (AvgIpc) is 2.53. The Kier molecular flexibility index (Phi) is 5.62. The van der Waals surface area contributed by atoms with Crippen LogP contribution in [0.4, 0.5) is 0 Å². The molecule has 1 aromatic rings. The number of carboxylic acids is 1. The van der Waals surface area contributed by atoms with Gasteiger partial charge in [0.05, 0.1) is 12.7 Å². The lowest BCUT2D eigenvalue weighted by Gasteiger charge is -2.33. The molecule has 0 aliphatic heterocycles. The number of carbonyl (C=O) groups is 1. The maximum Gasteiger partial charge on any atom is 0.335 e. The van der Waals surface area contributed by atoms with E-state index in [4.69, 9.17) is 9.84 Å². The lowest BCUT2D eigenvalue weighted by atomic mass is 9.93. The number of aromatic carboxylic acids is 1. The highest BCUT2D eigenvalue weighted by atomic mass is 16.5. The van der Waals surface area contributed by atoms with E-state index in [0.717, 1.165) is 24.4 Å². The molecule has 0 heterocycles. The van der Waals surface area contributed by atoms with Crippen LogP contribution in [0.15, 0.2) is 18.2 Å². The predicted octanol–water partition coefficient (Wildman–Crippen LogP) is 3.55. The molecule has 1 aliphatic carbocycles. The van der Waals surface area contributed by atoms with Gasteiger partial charge in [0.1, 0.15) is 5.75 Å². The lowest BCUT2D eigenvalue weighted by Crippen LogP contribution is -2.36. The van der Waals surface area contributed by atoms with Gasteiger partial charge in [-0.2, -0.15) is 0 Å². The second kappa shape index (κ2) is 7.46. The molecule has 2 rings (SSSR count). The van der Waals surface area contributed by atoms with Crippen molar-refractivity contribution < 1.29 is 14.6 Å². The minimum absolute atomic E-state index is 0.325. The number of methoxy groups -OCH3 is 1. The van der Waals surface area contributed by atoms with Crippen LogP contribution in [0.5, 0.6) is 5.75 Å². The van der Waals surface area contributed by atoms with E-state index in [2.05, 4.69) is 11.8 Å². The van der Waals surface area contributed by atoms with Crippen LogP contribution in [0.2, 0.25) is 0 Å². The van der Waals surface area contributed by atoms with Crippen LogP contribution < -0.4 is 4.74 Å². The molecule has 4 nitrogen and oxygen atoms in total. The van der Waals surface area contributed by atoms with Crippen molar-refractivity contribution in [2.75, 3.05) is 13.7 Å². The number of rotatable bonds is 6. The first-order chi connectivity index (χ1) is 10.2. The summed E-state index contributed by atoms with van der Waals surface area (Å²) in [6, 6.07) is 5.71. The third kappa shape index (κ3) is 3.97. The molecule has 0 unspecified atom stereocenters. The smallest absolute Gasteiger partial charge is 0.335 e. The van der Waals surface area contributed by atoms with E-state index in [1.165, 1.54) is 32.1 Å². The van der Waals surface area contributed by atoms with E-state index < -0.39 is 5.97 Å². The van der Waals surface area contributed by atoms with E-state index in [9.17, 15) is 4.79 Å². The minimum Gasteiger partial charge on any atom is -0.496 e. The molecular formula is C17H25NO3. The fraction of sp³-hybridized carbons (Fsp3) is 0.588. The Bertz CT molecular complexity index is 481. The van der Waals surface area contributed by atoms with Gasteiger partial charge in [0.15, 0.2) is 0 Å². The number of hydrogen-bond acceptors (Lipinski definition) is 3. The molecule has 0 spiro atoms.